The summed E-state index contributed by atoms with van der Waals surface area (Å²) in [6.07, 6.45) is 1.98. The summed E-state index contributed by atoms with van der Waals surface area (Å²) in [5.41, 5.74) is 1.34. The lowest BCUT2D eigenvalue weighted by molar-refractivity contribution is 0.0936. The van der Waals surface area contributed by atoms with E-state index in [0.29, 0.717) is 18.9 Å². The van der Waals surface area contributed by atoms with Crippen molar-refractivity contribution in [3.63, 3.8) is 0 Å². The van der Waals surface area contributed by atoms with Gasteiger partial charge in [-0.3, -0.25) is 4.79 Å². The molecule has 1 fully saturated rings. The van der Waals surface area contributed by atoms with Gasteiger partial charge in [-0.1, -0.05) is 30.3 Å². The molecule has 1 aliphatic heterocycles. The van der Waals surface area contributed by atoms with Crippen molar-refractivity contribution in [2.45, 2.75) is 19.0 Å². The third-order valence-electron chi connectivity index (χ3n) is 4.05. The Morgan fingerprint density at radius 3 is 2.72 bits per heavy atom. The van der Waals surface area contributed by atoms with Crippen molar-refractivity contribution in [1.82, 2.24) is 15.3 Å². The smallest absolute Gasteiger partial charge is 0.270 e. The monoisotopic (exact) mass is 360 g/mol. The summed E-state index contributed by atoms with van der Waals surface area (Å²) in [6, 6.07) is 11.1. The number of carbonyl (C=O) groups is 1. The molecule has 1 aromatic heterocycles. The third-order valence-corrected chi connectivity index (χ3v) is 5.82. The van der Waals surface area contributed by atoms with Crippen molar-refractivity contribution in [3.05, 3.63) is 53.9 Å². The molecule has 25 heavy (non-hydrogen) atoms. The molecular formula is C17H20N4O3S. The van der Waals surface area contributed by atoms with Gasteiger partial charge in [-0.05, 0) is 18.1 Å². The fraction of sp³-hybridized carbons (Fsp3) is 0.353. The molecular weight excluding hydrogens is 340 g/mol. The first kappa shape index (κ1) is 17.3. The maximum Gasteiger partial charge on any atom is 0.270 e. The predicted octanol–water partition coefficient (Wildman–Crippen LogP) is 1.03. The Bertz CT molecular complexity index is 855. The van der Waals surface area contributed by atoms with Gasteiger partial charge in [0.2, 0.25) is 5.95 Å². The molecule has 1 unspecified atom stereocenters. The topological polar surface area (TPSA) is 92.3 Å². The molecule has 132 valence electrons. The summed E-state index contributed by atoms with van der Waals surface area (Å²) < 4.78 is 23.0. The molecule has 0 radical (unpaired) electrons. The second kappa shape index (κ2) is 7.18. The van der Waals surface area contributed by atoms with Crippen LogP contribution >= 0.6 is 0 Å². The zero-order valence-corrected chi connectivity index (χ0v) is 14.7. The van der Waals surface area contributed by atoms with Crippen molar-refractivity contribution in [2.24, 2.45) is 0 Å². The third kappa shape index (κ3) is 4.54. The maximum atomic E-state index is 12.3. The summed E-state index contributed by atoms with van der Waals surface area (Å²) in [6.45, 7) is 0.618. The number of carbonyl (C=O) groups excluding carboxylic acids is 1. The molecule has 1 aromatic carbocycles. The van der Waals surface area contributed by atoms with E-state index >= 15 is 0 Å². The molecule has 0 spiro atoms. The first-order chi connectivity index (χ1) is 11.9. The van der Waals surface area contributed by atoms with Gasteiger partial charge >= 0.3 is 0 Å². The summed E-state index contributed by atoms with van der Waals surface area (Å²) in [4.78, 5) is 22.7. The number of hydrogen-bond acceptors (Lipinski definition) is 6. The molecule has 1 atom stereocenters. The zero-order chi connectivity index (χ0) is 17.9. The Labute approximate surface area is 147 Å². The SMILES string of the molecule is CN(Cc1ccccc1)c1nccc(C(=O)NC2CCS(=O)(=O)C2)n1. The lowest BCUT2D eigenvalue weighted by Gasteiger charge is -2.18. The Morgan fingerprint density at radius 2 is 2.04 bits per heavy atom. The van der Waals surface area contributed by atoms with Gasteiger partial charge in [-0.25, -0.2) is 18.4 Å². The minimum absolute atomic E-state index is 0.00933. The average molecular weight is 360 g/mol. The zero-order valence-electron chi connectivity index (χ0n) is 13.9. The van der Waals surface area contributed by atoms with Crippen LogP contribution in [0.5, 0.6) is 0 Å². The van der Waals surface area contributed by atoms with Gasteiger partial charge in [0.15, 0.2) is 9.84 Å². The number of nitrogens with one attached hydrogen (secondary N) is 1. The van der Waals surface area contributed by atoms with Crippen molar-refractivity contribution in [1.29, 1.82) is 0 Å². The van der Waals surface area contributed by atoms with Gasteiger partial charge in [-0.2, -0.15) is 0 Å². The number of rotatable bonds is 5. The van der Waals surface area contributed by atoms with E-state index in [2.05, 4.69) is 15.3 Å². The Morgan fingerprint density at radius 1 is 1.28 bits per heavy atom. The number of amides is 1. The maximum absolute atomic E-state index is 12.3. The van der Waals surface area contributed by atoms with Crippen LogP contribution in [0.3, 0.4) is 0 Å². The van der Waals surface area contributed by atoms with Gasteiger partial charge in [0.25, 0.3) is 5.91 Å². The second-order valence-corrected chi connectivity index (χ2v) is 8.39. The summed E-state index contributed by atoms with van der Waals surface area (Å²) in [7, 11) is -1.18. The lowest BCUT2D eigenvalue weighted by Crippen LogP contribution is -2.36. The number of benzene rings is 1. The van der Waals surface area contributed by atoms with Crippen LogP contribution in [0, 0.1) is 0 Å². The van der Waals surface area contributed by atoms with Gasteiger partial charge in [0.05, 0.1) is 11.5 Å². The van der Waals surface area contributed by atoms with Gasteiger partial charge in [0, 0.05) is 25.8 Å². The molecule has 1 amide bonds. The second-order valence-electron chi connectivity index (χ2n) is 6.16. The van der Waals surface area contributed by atoms with Crippen LogP contribution < -0.4 is 10.2 Å². The highest BCUT2D eigenvalue weighted by Crippen LogP contribution is 2.13. The van der Waals surface area contributed by atoms with E-state index in [-0.39, 0.29) is 29.1 Å². The van der Waals surface area contributed by atoms with E-state index < -0.39 is 9.84 Å². The molecule has 0 bridgehead atoms. The van der Waals surface area contributed by atoms with Crippen LogP contribution in [0.25, 0.3) is 0 Å². The minimum Gasteiger partial charge on any atom is -0.347 e. The number of hydrogen-bond donors (Lipinski definition) is 1. The highest BCUT2D eigenvalue weighted by Gasteiger charge is 2.29. The minimum atomic E-state index is -3.04. The first-order valence-electron chi connectivity index (χ1n) is 8.02. The van der Waals surface area contributed by atoms with E-state index in [1.165, 1.54) is 12.3 Å². The van der Waals surface area contributed by atoms with Crippen LogP contribution in [-0.2, 0) is 16.4 Å². The number of anilines is 1. The van der Waals surface area contributed by atoms with Crippen LogP contribution in [0.2, 0.25) is 0 Å². The average Bonchev–Trinajstić information content (AvgIpc) is 2.94. The van der Waals surface area contributed by atoms with Crippen molar-refractivity contribution in [2.75, 3.05) is 23.5 Å². The largest absolute Gasteiger partial charge is 0.347 e. The van der Waals surface area contributed by atoms with Gasteiger partial charge in [-0.15, -0.1) is 0 Å². The highest BCUT2D eigenvalue weighted by molar-refractivity contribution is 7.91. The van der Waals surface area contributed by atoms with E-state index in [1.54, 1.807) is 0 Å². The molecule has 0 saturated carbocycles. The number of sulfone groups is 1. The van der Waals surface area contributed by atoms with E-state index in [9.17, 15) is 13.2 Å². The molecule has 8 heteroatoms. The molecule has 2 heterocycles. The van der Waals surface area contributed by atoms with Crippen LogP contribution in [0.4, 0.5) is 5.95 Å². The van der Waals surface area contributed by atoms with Crippen molar-refractivity contribution < 1.29 is 13.2 Å². The number of aromatic nitrogens is 2. The lowest BCUT2D eigenvalue weighted by atomic mass is 10.2. The van der Waals surface area contributed by atoms with Crippen molar-refractivity contribution in [3.8, 4) is 0 Å². The standard InChI is InChI=1S/C17H20N4O3S/c1-21(11-13-5-3-2-4-6-13)17-18-9-7-15(20-17)16(22)19-14-8-10-25(23,24)12-14/h2-7,9,14H,8,10-12H2,1H3,(H,19,22). The molecule has 7 nitrogen and oxygen atoms in total. The summed E-state index contributed by atoms with van der Waals surface area (Å²) in [5.74, 6) is 0.173. The van der Waals surface area contributed by atoms with E-state index in [4.69, 9.17) is 0 Å². The van der Waals surface area contributed by atoms with Crippen LogP contribution in [0.15, 0.2) is 42.6 Å². The van der Waals surface area contributed by atoms with Crippen LogP contribution in [0.1, 0.15) is 22.5 Å². The predicted molar refractivity (Wildman–Crippen MR) is 95.1 cm³/mol. The first-order valence-corrected chi connectivity index (χ1v) is 9.84. The molecule has 3 rings (SSSR count). The van der Waals surface area contributed by atoms with E-state index in [0.717, 1.165) is 5.56 Å². The molecule has 0 aliphatic carbocycles. The number of nitrogens with zero attached hydrogens (tertiary/aromatic N) is 3. The fourth-order valence-corrected chi connectivity index (χ4v) is 4.43. The summed E-state index contributed by atoms with van der Waals surface area (Å²) in [5, 5.41) is 2.74. The van der Waals surface area contributed by atoms with Crippen molar-refractivity contribution >= 4 is 21.7 Å². The summed E-state index contributed by atoms with van der Waals surface area (Å²) >= 11 is 0. The van der Waals surface area contributed by atoms with Crippen LogP contribution in [-0.4, -0.2) is 48.9 Å². The highest BCUT2D eigenvalue weighted by atomic mass is 32.2. The quantitative estimate of drug-likeness (QED) is 0.856. The van der Waals surface area contributed by atoms with Gasteiger partial charge in [0.1, 0.15) is 5.69 Å². The molecule has 1 N–H and O–H groups in total. The Kier molecular flexibility index (Phi) is 4.98. The fourth-order valence-electron chi connectivity index (χ4n) is 2.75. The molecule has 1 saturated heterocycles. The van der Waals surface area contributed by atoms with Gasteiger partial charge < -0.3 is 10.2 Å². The molecule has 2 aromatic rings. The Balaban J connectivity index is 1.67. The Hall–Kier alpha value is -2.48. The molecule has 1 aliphatic rings. The van der Waals surface area contributed by atoms with E-state index in [1.807, 2.05) is 42.3 Å². The normalized spacial score (nSPS) is 18.7.